The minimum absolute atomic E-state index is 0.0929. The van der Waals surface area contributed by atoms with Crippen LogP contribution in [0.15, 0.2) is 36.4 Å². The van der Waals surface area contributed by atoms with Gasteiger partial charge in [0.15, 0.2) is 5.78 Å². The van der Waals surface area contributed by atoms with E-state index in [0.29, 0.717) is 5.56 Å². The smallest absolute Gasteiger partial charge is 0.311 e. The van der Waals surface area contributed by atoms with Crippen molar-refractivity contribution in [1.29, 1.82) is 0 Å². The highest BCUT2D eigenvalue weighted by Crippen LogP contribution is 2.35. The largest absolute Gasteiger partial charge is 0.448 e. The minimum atomic E-state index is -0.688. The molecule has 0 atom stereocenters. The van der Waals surface area contributed by atoms with E-state index in [4.69, 9.17) is 16.3 Å². The summed E-state index contributed by atoms with van der Waals surface area (Å²) in [6.45, 7) is 1.38. The summed E-state index contributed by atoms with van der Waals surface area (Å²) in [7, 11) is 0. The SMILES string of the molecule is CC(=O)c1ccc(Oc2cc(F)ccc2[N+](=O)[O-])c(Cl)c1. The van der Waals surface area contributed by atoms with E-state index in [9.17, 15) is 19.3 Å². The Bertz CT molecular complexity index is 733. The number of nitro benzene ring substituents is 1. The maximum atomic E-state index is 13.2. The van der Waals surface area contributed by atoms with Gasteiger partial charge in [0, 0.05) is 17.7 Å². The monoisotopic (exact) mass is 309 g/mol. The molecule has 0 amide bonds. The first-order valence-corrected chi connectivity index (χ1v) is 6.18. The number of ketones is 1. The summed E-state index contributed by atoms with van der Waals surface area (Å²) in [6.07, 6.45) is 0. The topological polar surface area (TPSA) is 69.4 Å². The van der Waals surface area contributed by atoms with Gasteiger partial charge >= 0.3 is 5.69 Å². The molecule has 0 aromatic heterocycles. The van der Waals surface area contributed by atoms with Gasteiger partial charge in [-0.2, -0.15) is 0 Å². The van der Waals surface area contributed by atoms with Crippen LogP contribution < -0.4 is 4.74 Å². The molecule has 0 aliphatic carbocycles. The molecule has 0 saturated heterocycles. The van der Waals surface area contributed by atoms with Crippen LogP contribution in [0.25, 0.3) is 0 Å². The van der Waals surface area contributed by atoms with Crippen molar-refractivity contribution in [3.05, 3.63) is 62.9 Å². The molecule has 0 bridgehead atoms. The van der Waals surface area contributed by atoms with Crippen LogP contribution in [0.1, 0.15) is 17.3 Å². The van der Waals surface area contributed by atoms with Crippen LogP contribution in [0.2, 0.25) is 5.02 Å². The zero-order chi connectivity index (χ0) is 15.6. The normalized spacial score (nSPS) is 10.2. The van der Waals surface area contributed by atoms with Crippen molar-refractivity contribution in [3.63, 3.8) is 0 Å². The quantitative estimate of drug-likeness (QED) is 0.477. The van der Waals surface area contributed by atoms with Crippen LogP contribution in [0, 0.1) is 15.9 Å². The number of carbonyl (C=O) groups excluding carboxylic acids is 1. The highest BCUT2D eigenvalue weighted by Gasteiger charge is 2.18. The summed E-state index contributed by atoms with van der Waals surface area (Å²) >= 11 is 5.95. The van der Waals surface area contributed by atoms with Crippen molar-refractivity contribution in [2.45, 2.75) is 6.92 Å². The number of Topliss-reactive ketones (excluding diaryl/α,β-unsaturated/α-hetero) is 1. The Balaban J connectivity index is 2.40. The van der Waals surface area contributed by atoms with Gasteiger partial charge in [0.05, 0.1) is 9.95 Å². The molecule has 5 nitrogen and oxygen atoms in total. The van der Waals surface area contributed by atoms with E-state index in [1.807, 2.05) is 0 Å². The van der Waals surface area contributed by atoms with E-state index in [-0.39, 0.29) is 28.0 Å². The number of benzene rings is 2. The zero-order valence-electron chi connectivity index (χ0n) is 10.8. The number of nitrogens with zero attached hydrogens (tertiary/aromatic N) is 1. The molecule has 0 aliphatic heterocycles. The van der Waals surface area contributed by atoms with Gasteiger partial charge in [-0.1, -0.05) is 11.6 Å². The summed E-state index contributed by atoms with van der Waals surface area (Å²) in [5, 5.41) is 11.0. The van der Waals surface area contributed by atoms with Gasteiger partial charge in [-0.25, -0.2) is 4.39 Å². The minimum Gasteiger partial charge on any atom is -0.448 e. The molecule has 0 aliphatic rings. The van der Waals surface area contributed by atoms with Gasteiger partial charge in [-0.05, 0) is 31.2 Å². The lowest BCUT2D eigenvalue weighted by Gasteiger charge is -2.09. The second-order valence-electron chi connectivity index (χ2n) is 4.17. The molecule has 0 heterocycles. The fourth-order valence-corrected chi connectivity index (χ4v) is 1.86. The molecule has 7 heteroatoms. The maximum Gasteiger partial charge on any atom is 0.311 e. The molecule has 2 aromatic rings. The Morgan fingerprint density at radius 1 is 1.24 bits per heavy atom. The zero-order valence-corrected chi connectivity index (χ0v) is 11.6. The Hall–Kier alpha value is -2.47. The molecule has 0 N–H and O–H groups in total. The van der Waals surface area contributed by atoms with E-state index in [1.54, 1.807) is 0 Å². The van der Waals surface area contributed by atoms with Crippen molar-refractivity contribution in [3.8, 4) is 11.5 Å². The van der Waals surface area contributed by atoms with Crippen LogP contribution in [0.4, 0.5) is 10.1 Å². The fourth-order valence-electron chi connectivity index (χ4n) is 1.64. The predicted octanol–water partition coefficient (Wildman–Crippen LogP) is 4.38. The van der Waals surface area contributed by atoms with Crippen molar-refractivity contribution >= 4 is 23.1 Å². The van der Waals surface area contributed by atoms with Crippen LogP contribution in [-0.2, 0) is 0 Å². The highest BCUT2D eigenvalue weighted by atomic mass is 35.5. The number of nitro groups is 1. The van der Waals surface area contributed by atoms with E-state index in [2.05, 4.69) is 0 Å². The first-order chi connectivity index (χ1) is 9.88. The number of hydrogen-bond acceptors (Lipinski definition) is 4. The van der Waals surface area contributed by atoms with Gasteiger partial charge in [-0.3, -0.25) is 14.9 Å². The Labute approximate surface area is 124 Å². The molecule has 2 aromatic carbocycles. The Morgan fingerprint density at radius 3 is 2.52 bits per heavy atom. The van der Waals surface area contributed by atoms with Gasteiger partial charge < -0.3 is 4.74 Å². The molecule has 108 valence electrons. The molecule has 0 unspecified atom stereocenters. The van der Waals surface area contributed by atoms with Crippen LogP contribution in [-0.4, -0.2) is 10.7 Å². The summed E-state index contributed by atoms with van der Waals surface area (Å²) < 4.78 is 18.5. The van der Waals surface area contributed by atoms with Crippen molar-refractivity contribution in [1.82, 2.24) is 0 Å². The third kappa shape index (κ3) is 3.35. The van der Waals surface area contributed by atoms with E-state index in [1.165, 1.54) is 25.1 Å². The van der Waals surface area contributed by atoms with Crippen molar-refractivity contribution in [2.24, 2.45) is 0 Å². The summed E-state index contributed by atoms with van der Waals surface area (Å²) in [5.74, 6) is -1.03. The summed E-state index contributed by atoms with van der Waals surface area (Å²) in [6, 6.07) is 7.11. The fraction of sp³-hybridized carbons (Fsp3) is 0.0714. The first-order valence-electron chi connectivity index (χ1n) is 5.81. The summed E-state index contributed by atoms with van der Waals surface area (Å²) in [4.78, 5) is 21.4. The molecular weight excluding hydrogens is 301 g/mol. The number of hydrogen-bond donors (Lipinski definition) is 0. The standard InChI is InChI=1S/C14H9ClFNO4/c1-8(18)9-2-5-13(11(15)6-9)21-14-7-10(16)3-4-12(14)17(19)20/h2-7H,1H3. The molecule has 0 spiro atoms. The van der Waals surface area contributed by atoms with Crippen molar-refractivity contribution in [2.75, 3.05) is 0 Å². The third-order valence-corrected chi connectivity index (χ3v) is 2.97. The van der Waals surface area contributed by atoms with Gasteiger partial charge in [0.2, 0.25) is 5.75 Å². The van der Waals surface area contributed by atoms with Crippen LogP contribution in [0.3, 0.4) is 0 Å². The highest BCUT2D eigenvalue weighted by molar-refractivity contribution is 6.32. The van der Waals surface area contributed by atoms with Gasteiger partial charge in [0.1, 0.15) is 11.6 Å². The first kappa shape index (κ1) is 14.9. The molecule has 0 fully saturated rings. The predicted molar refractivity (Wildman–Crippen MR) is 74.6 cm³/mol. The second kappa shape index (κ2) is 5.88. The third-order valence-electron chi connectivity index (χ3n) is 2.68. The van der Waals surface area contributed by atoms with Crippen LogP contribution >= 0.6 is 11.6 Å². The Morgan fingerprint density at radius 2 is 1.95 bits per heavy atom. The number of carbonyl (C=O) groups is 1. The van der Waals surface area contributed by atoms with E-state index in [0.717, 1.165) is 18.2 Å². The molecule has 21 heavy (non-hydrogen) atoms. The molecule has 0 saturated carbocycles. The van der Waals surface area contributed by atoms with Crippen molar-refractivity contribution < 1.29 is 18.8 Å². The number of ether oxygens (including phenoxy) is 1. The Kier molecular flexibility index (Phi) is 4.18. The summed E-state index contributed by atoms with van der Waals surface area (Å²) in [5.41, 5.74) is -0.01000. The number of rotatable bonds is 4. The lowest BCUT2D eigenvalue weighted by molar-refractivity contribution is -0.385. The average molecular weight is 310 g/mol. The number of halogens is 2. The molecular formula is C14H9ClFNO4. The average Bonchev–Trinajstić information content (AvgIpc) is 2.40. The molecule has 2 rings (SSSR count). The van der Waals surface area contributed by atoms with Gasteiger partial charge in [0.25, 0.3) is 0 Å². The van der Waals surface area contributed by atoms with Gasteiger partial charge in [-0.15, -0.1) is 0 Å². The second-order valence-corrected chi connectivity index (χ2v) is 4.58. The molecule has 0 radical (unpaired) electrons. The van der Waals surface area contributed by atoms with E-state index >= 15 is 0 Å². The van der Waals surface area contributed by atoms with E-state index < -0.39 is 10.7 Å². The maximum absolute atomic E-state index is 13.2. The lowest BCUT2D eigenvalue weighted by Crippen LogP contribution is -1.96. The lowest BCUT2D eigenvalue weighted by atomic mass is 10.1. The van der Waals surface area contributed by atoms with Crippen LogP contribution in [0.5, 0.6) is 11.5 Å².